The highest BCUT2D eigenvalue weighted by Crippen LogP contribution is 2.39. The van der Waals surface area contributed by atoms with Crippen LogP contribution in [0.3, 0.4) is 0 Å². The van der Waals surface area contributed by atoms with Crippen molar-refractivity contribution in [3.63, 3.8) is 0 Å². The molecule has 0 atom stereocenters. The zero-order valence-corrected chi connectivity index (χ0v) is 18.4. The Morgan fingerprint density at radius 3 is 2.68 bits per heavy atom. The fourth-order valence-corrected chi connectivity index (χ4v) is 4.15. The normalized spacial score (nSPS) is 10.8. The van der Waals surface area contributed by atoms with Crippen LogP contribution in [-0.2, 0) is 14.3 Å². The number of nitrogen functional groups attached to an aromatic ring is 1. The SMILES string of the molecule is COC(=O)CNCC(=O)Nc1cccc(-c2nc(SC)nc3sc(C(N)=O)c(N)c23)c1. The largest absolute Gasteiger partial charge is 0.468 e. The molecule has 1 aromatic carbocycles. The topological polar surface area (TPSA) is 162 Å². The number of methoxy groups -OCH3 is 1. The lowest BCUT2D eigenvalue weighted by Crippen LogP contribution is -2.32. The number of primary amides is 1. The molecule has 3 rings (SSSR count). The van der Waals surface area contributed by atoms with Gasteiger partial charge in [-0.3, -0.25) is 19.7 Å². The van der Waals surface area contributed by atoms with E-state index in [4.69, 9.17) is 11.5 Å². The van der Waals surface area contributed by atoms with E-state index in [1.54, 1.807) is 18.2 Å². The van der Waals surface area contributed by atoms with E-state index in [-0.39, 0.29) is 29.6 Å². The quantitative estimate of drug-likeness (QED) is 0.221. The molecule has 31 heavy (non-hydrogen) atoms. The average molecular weight is 461 g/mol. The van der Waals surface area contributed by atoms with Crippen molar-refractivity contribution in [1.29, 1.82) is 0 Å². The number of amides is 2. The summed E-state index contributed by atoms with van der Waals surface area (Å²) in [4.78, 5) is 44.8. The van der Waals surface area contributed by atoms with Gasteiger partial charge in [0.05, 0.1) is 37.0 Å². The summed E-state index contributed by atoms with van der Waals surface area (Å²) >= 11 is 2.47. The minimum Gasteiger partial charge on any atom is -0.468 e. The fraction of sp³-hybridized carbons (Fsp3) is 0.211. The Hall–Kier alpha value is -3.22. The van der Waals surface area contributed by atoms with Crippen LogP contribution in [-0.4, -0.2) is 54.2 Å². The Kier molecular flexibility index (Phi) is 7.05. The molecule has 0 fully saturated rings. The van der Waals surface area contributed by atoms with Gasteiger partial charge in [0.25, 0.3) is 5.91 Å². The number of carbonyl (C=O) groups is 3. The number of thioether (sulfide) groups is 1. The number of fused-ring (bicyclic) bond motifs is 1. The molecule has 12 heteroatoms. The summed E-state index contributed by atoms with van der Waals surface area (Å²) in [6, 6.07) is 7.04. The lowest BCUT2D eigenvalue weighted by molar-refractivity contribution is -0.139. The van der Waals surface area contributed by atoms with Crippen molar-refractivity contribution in [3.05, 3.63) is 29.1 Å². The monoisotopic (exact) mass is 460 g/mol. The average Bonchev–Trinajstić information content (AvgIpc) is 3.09. The van der Waals surface area contributed by atoms with E-state index in [9.17, 15) is 14.4 Å². The Labute approximate surface area is 185 Å². The highest BCUT2D eigenvalue weighted by Gasteiger charge is 2.21. The van der Waals surface area contributed by atoms with Crippen molar-refractivity contribution in [2.45, 2.75) is 5.16 Å². The predicted octanol–water partition coefficient (Wildman–Crippen LogP) is 1.46. The maximum Gasteiger partial charge on any atom is 0.319 e. The predicted molar refractivity (Wildman–Crippen MR) is 121 cm³/mol. The van der Waals surface area contributed by atoms with Crippen LogP contribution in [0.25, 0.3) is 21.5 Å². The lowest BCUT2D eigenvalue weighted by Gasteiger charge is -2.10. The summed E-state index contributed by atoms with van der Waals surface area (Å²) in [5.41, 5.74) is 13.6. The molecule has 0 bridgehead atoms. The number of esters is 1. The fourth-order valence-electron chi connectivity index (χ4n) is 2.79. The van der Waals surface area contributed by atoms with E-state index >= 15 is 0 Å². The highest BCUT2D eigenvalue weighted by atomic mass is 32.2. The molecule has 0 aliphatic carbocycles. The van der Waals surface area contributed by atoms with Crippen LogP contribution in [0.15, 0.2) is 29.4 Å². The molecule has 0 spiro atoms. The Morgan fingerprint density at radius 2 is 2.00 bits per heavy atom. The lowest BCUT2D eigenvalue weighted by atomic mass is 10.1. The van der Waals surface area contributed by atoms with Crippen LogP contribution in [0.5, 0.6) is 0 Å². The Morgan fingerprint density at radius 1 is 1.23 bits per heavy atom. The van der Waals surface area contributed by atoms with Gasteiger partial charge in [-0.1, -0.05) is 23.9 Å². The van der Waals surface area contributed by atoms with Crippen molar-refractivity contribution in [2.24, 2.45) is 5.73 Å². The highest BCUT2D eigenvalue weighted by molar-refractivity contribution is 7.98. The smallest absolute Gasteiger partial charge is 0.319 e. The number of hydrogen-bond acceptors (Lipinski definition) is 10. The van der Waals surface area contributed by atoms with Crippen LogP contribution in [0.4, 0.5) is 11.4 Å². The molecule has 2 amide bonds. The van der Waals surface area contributed by atoms with Gasteiger partial charge in [-0.15, -0.1) is 11.3 Å². The van der Waals surface area contributed by atoms with Crippen LogP contribution in [0.2, 0.25) is 0 Å². The first-order chi connectivity index (χ1) is 14.8. The second-order valence-electron chi connectivity index (χ2n) is 6.26. The molecule has 2 aromatic heterocycles. The summed E-state index contributed by atoms with van der Waals surface area (Å²) in [5.74, 6) is -1.42. The van der Waals surface area contributed by atoms with Gasteiger partial charge in [0.2, 0.25) is 5.91 Å². The van der Waals surface area contributed by atoms with Crippen LogP contribution in [0.1, 0.15) is 9.67 Å². The van der Waals surface area contributed by atoms with Crippen molar-refractivity contribution >= 4 is 62.5 Å². The van der Waals surface area contributed by atoms with Crippen molar-refractivity contribution < 1.29 is 19.1 Å². The van der Waals surface area contributed by atoms with E-state index in [0.717, 1.165) is 11.3 Å². The Balaban J connectivity index is 1.92. The van der Waals surface area contributed by atoms with Crippen molar-refractivity contribution in [1.82, 2.24) is 15.3 Å². The third kappa shape index (κ3) is 5.10. The number of benzene rings is 1. The van der Waals surface area contributed by atoms with Gasteiger partial charge in [0.1, 0.15) is 9.71 Å². The third-order valence-electron chi connectivity index (χ3n) is 4.18. The maximum atomic E-state index is 12.2. The number of nitrogens with two attached hydrogens (primary N) is 2. The molecular formula is C19H20N6O4S2. The molecular weight excluding hydrogens is 440 g/mol. The maximum absolute atomic E-state index is 12.2. The molecule has 162 valence electrons. The summed E-state index contributed by atoms with van der Waals surface area (Å²) in [6.45, 7) is -0.132. The van der Waals surface area contributed by atoms with Gasteiger partial charge >= 0.3 is 5.97 Å². The summed E-state index contributed by atoms with van der Waals surface area (Å²) in [5, 5.41) is 6.50. The molecule has 0 aliphatic heterocycles. The first-order valence-corrected chi connectivity index (χ1v) is 11.0. The number of anilines is 2. The van der Waals surface area contributed by atoms with Crippen LogP contribution < -0.4 is 22.1 Å². The van der Waals surface area contributed by atoms with E-state index in [1.165, 1.54) is 18.9 Å². The second kappa shape index (κ2) is 9.73. The molecule has 3 aromatic rings. The number of nitrogens with one attached hydrogen (secondary N) is 2. The van der Waals surface area contributed by atoms with E-state index in [1.807, 2.05) is 12.3 Å². The molecule has 0 radical (unpaired) electrons. The van der Waals surface area contributed by atoms with Gasteiger partial charge in [0.15, 0.2) is 5.16 Å². The molecule has 10 nitrogen and oxygen atoms in total. The van der Waals surface area contributed by atoms with Crippen molar-refractivity contribution in [2.75, 3.05) is 37.5 Å². The molecule has 0 saturated carbocycles. The first kappa shape index (κ1) is 22.5. The molecule has 0 aliphatic rings. The summed E-state index contributed by atoms with van der Waals surface area (Å²) < 4.78 is 4.51. The Bertz CT molecular complexity index is 1160. The number of nitrogens with zero attached hydrogens (tertiary/aromatic N) is 2. The van der Waals surface area contributed by atoms with E-state index < -0.39 is 11.9 Å². The van der Waals surface area contributed by atoms with Gasteiger partial charge in [-0.05, 0) is 18.4 Å². The zero-order chi connectivity index (χ0) is 22.5. The standard InChI is InChI=1S/C19H20N6O4S2/c1-29-12(27)8-22-7-11(26)23-10-5-3-4-9(6-10)15-13-14(20)16(17(21)28)31-18(13)25-19(24-15)30-2/h3-6,22H,7-8,20H2,1-2H3,(H2,21,28)(H,23,26). The van der Waals surface area contributed by atoms with Crippen LogP contribution >= 0.6 is 23.1 Å². The minimum absolute atomic E-state index is 0.0623. The second-order valence-corrected chi connectivity index (χ2v) is 8.03. The molecule has 0 unspecified atom stereocenters. The number of carbonyl (C=O) groups excluding carboxylic acids is 3. The molecule has 2 heterocycles. The minimum atomic E-state index is -0.627. The first-order valence-electron chi connectivity index (χ1n) is 8.95. The number of rotatable bonds is 8. The van der Waals surface area contributed by atoms with Gasteiger partial charge in [-0.2, -0.15) is 0 Å². The number of aromatic nitrogens is 2. The molecule has 6 N–H and O–H groups in total. The van der Waals surface area contributed by atoms with E-state index in [2.05, 4.69) is 25.3 Å². The van der Waals surface area contributed by atoms with Gasteiger partial charge in [0, 0.05) is 11.3 Å². The number of hydrogen-bond donors (Lipinski definition) is 4. The summed E-state index contributed by atoms with van der Waals surface area (Å²) in [6.07, 6.45) is 1.84. The van der Waals surface area contributed by atoms with Crippen LogP contribution in [0, 0.1) is 0 Å². The third-order valence-corrected chi connectivity index (χ3v) is 5.84. The van der Waals surface area contributed by atoms with Crippen molar-refractivity contribution in [3.8, 4) is 11.3 Å². The summed E-state index contributed by atoms with van der Waals surface area (Å²) in [7, 11) is 1.27. The number of thiophene rings is 1. The van der Waals surface area contributed by atoms with E-state index in [0.29, 0.717) is 32.3 Å². The zero-order valence-electron chi connectivity index (χ0n) is 16.7. The van der Waals surface area contributed by atoms with Gasteiger partial charge in [-0.25, -0.2) is 9.97 Å². The van der Waals surface area contributed by atoms with Gasteiger partial charge < -0.3 is 21.5 Å². The number of ether oxygens (including phenoxy) is 1. The molecule has 0 saturated heterocycles.